The van der Waals surface area contributed by atoms with Gasteiger partial charge in [0.1, 0.15) is 7.85 Å². The van der Waals surface area contributed by atoms with Crippen LogP contribution in [-0.2, 0) is 4.74 Å². The maximum atomic E-state index is 5.71. The molecule has 1 nitrogen and oxygen atoms in total. The van der Waals surface area contributed by atoms with Crippen molar-refractivity contribution in [3.63, 3.8) is 0 Å². The highest BCUT2D eigenvalue weighted by Crippen LogP contribution is 2.31. The fraction of sp³-hybridized carbons (Fsp3) is 1.00. The van der Waals surface area contributed by atoms with E-state index in [1.807, 2.05) is 0 Å². The highest BCUT2D eigenvalue weighted by molar-refractivity contribution is 6.11. The molecule has 1 fully saturated rings. The molecule has 1 heterocycles. The predicted octanol–water partition coefficient (Wildman–Crippen LogP) is 1.56. The van der Waals surface area contributed by atoms with Crippen LogP contribution in [0.4, 0.5) is 0 Å². The van der Waals surface area contributed by atoms with Crippen molar-refractivity contribution in [3.8, 4) is 0 Å². The maximum absolute atomic E-state index is 5.71. The second kappa shape index (κ2) is 2.95. The normalized spacial score (nSPS) is 47.9. The molecule has 1 aliphatic rings. The smallest absolute Gasteiger partial charge is 0.109 e. The lowest BCUT2D eigenvalue weighted by Crippen LogP contribution is -2.15. The number of hydrogen-bond donors (Lipinski definition) is 0. The monoisotopic (exact) mass is 138 g/mol. The van der Waals surface area contributed by atoms with E-state index in [1.54, 1.807) is 0 Å². The maximum Gasteiger partial charge on any atom is 0.109 e. The summed E-state index contributed by atoms with van der Waals surface area (Å²) in [6, 6.07) is -0.0278. The van der Waals surface area contributed by atoms with Gasteiger partial charge in [-0.1, -0.05) is 20.8 Å². The average molecular weight is 138 g/mol. The van der Waals surface area contributed by atoms with Crippen LogP contribution in [0.2, 0.25) is 0 Å². The Bertz CT molecular complexity index is 116. The lowest BCUT2D eigenvalue weighted by atomic mass is 9.81. The summed E-state index contributed by atoms with van der Waals surface area (Å²) in [4.78, 5) is 0. The van der Waals surface area contributed by atoms with Crippen molar-refractivity contribution in [2.45, 2.75) is 39.3 Å². The van der Waals surface area contributed by atoms with Crippen LogP contribution in [0.1, 0.15) is 27.2 Å². The molecule has 1 saturated heterocycles. The third-order valence-electron chi connectivity index (χ3n) is 2.67. The van der Waals surface area contributed by atoms with Crippen LogP contribution in [0.25, 0.3) is 0 Å². The van der Waals surface area contributed by atoms with Crippen LogP contribution >= 0.6 is 0 Å². The van der Waals surface area contributed by atoms with Crippen molar-refractivity contribution in [2.75, 3.05) is 0 Å². The molecule has 56 valence electrons. The van der Waals surface area contributed by atoms with Crippen molar-refractivity contribution >= 4 is 7.85 Å². The third kappa shape index (κ3) is 1.22. The summed E-state index contributed by atoms with van der Waals surface area (Å²) in [7, 11) is 5.71. The van der Waals surface area contributed by atoms with Crippen molar-refractivity contribution in [3.05, 3.63) is 0 Å². The Kier molecular flexibility index (Phi) is 2.40. The van der Waals surface area contributed by atoms with Gasteiger partial charge in [0.2, 0.25) is 0 Å². The minimum Gasteiger partial charge on any atom is -0.384 e. The molecule has 0 amide bonds. The molecule has 0 aliphatic carbocycles. The van der Waals surface area contributed by atoms with E-state index in [1.165, 1.54) is 0 Å². The largest absolute Gasteiger partial charge is 0.384 e. The Balaban J connectivity index is 2.53. The van der Waals surface area contributed by atoms with E-state index in [-0.39, 0.29) is 6.00 Å². The molecule has 0 aromatic carbocycles. The first-order valence-electron chi connectivity index (χ1n) is 4.07. The van der Waals surface area contributed by atoms with E-state index in [0.717, 1.165) is 6.42 Å². The predicted molar refractivity (Wildman–Crippen MR) is 43.0 cm³/mol. The molecule has 1 unspecified atom stereocenters. The molecule has 1 aliphatic heterocycles. The fourth-order valence-corrected chi connectivity index (χ4v) is 1.56. The van der Waals surface area contributed by atoms with Gasteiger partial charge >= 0.3 is 0 Å². The third-order valence-corrected chi connectivity index (χ3v) is 2.67. The number of rotatable bonds is 1. The summed E-state index contributed by atoms with van der Waals surface area (Å²) in [5, 5.41) is 0. The van der Waals surface area contributed by atoms with Crippen LogP contribution < -0.4 is 0 Å². The van der Waals surface area contributed by atoms with E-state index in [9.17, 15) is 0 Å². The van der Waals surface area contributed by atoms with E-state index in [0.29, 0.717) is 17.9 Å². The molecule has 0 bridgehead atoms. The van der Waals surface area contributed by atoms with Gasteiger partial charge in [-0.25, -0.2) is 0 Å². The van der Waals surface area contributed by atoms with Crippen molar-refractivity contribution in [2.24, 2.45) is 11.8 Å². The molecular formula is C8H15BO. The summed E-state index contributed by atoms with van der Waals surface area (Å²) in [6.07, 6.45) is 1.48. The van der Waals surface area contributed by atoms with Gasteiger partial charge in [0.25, 0.3) is 0 Å². The Morgan fingerprint density at radius 3 is 2.10 bits per heavy atom. The molecular weight excluding hydrogens is 123 g/mol. The van der Waals surface area contributed by atoms with Gasteiger partial charge in [-0.15, -0.1) is 0 Å². The highest BCUT2D eigenvalue weighted by atomic mass is 16.5. The molecule has 4 atom stereocenters. The molecule has 0 aromatic heterocycles. The molecule has 0 saturated carbocycles. The number of ether oxygens (including phenoxy) is 1. The molecule has 0 aromatic rings. The second-order valence-corrected chi connectivity index (χ2v) is 3.27. The molecule has 2 radical (unpaired) electrons. The van der Waals surface area contributed by atoms with E-state index < -0.39 is 0 Å². The van der Waals surface area contributed by atoms with Gasteiger partial charge in [-0.05, 0) is 18.3 Å². The standard InChI is InChI=1S/C8H15BO/c1-4-7-5(2)6(3)8(9)10-7/h5-8H,4H2,1-3H3/t5?,6-,7-,8-/m0/s1. The zero-order chi connectivity index (χ0) is 7.72. The fourth-order valence-electron chi connectivity index (χ4n) is 1.56. The number of hydrogen-bond acceptors (Lipinski definition) is 1. The minimum atomic E-state index is -0.0278. The summed E-state index contributed by atoms with van der Waals surface area (Å²) in [5.74, 6) is 1.14. The topological polar surface area (TPSA) is 9.23 Å². The van der Waals surface area contributed by atoms with Gasteiger partial charge in [0, 0.05) is 6.00 Å². The van der Waals surface area contributed by atoms with Gasteiger partial charge < -0.3 is 4.74 Å². The van der Waals surface area contributed by atoms with E-state index >= 15 is 0 Å². The summed E-state index contributed by atoms with van der Waals surface area (Å²) >= 11 is 0. The van der Waals surface area contributed by atoms with Crippen LogP contribution in [0.3, 0.4) is 0 Å². The first-order chi connectivity index (χ1) is 4.66. The van der Waals surface area contributed by atoms with Crippen LogP contribution in [0.15, 0.2) is 0 Å². The van der Waals surface area contributed by atoms with Gasteiger partial charge in [-0.2, -0.15) is 0 Å². The SMILES string of the molecule is [B][C@H]1O[C@@H](CC)C(C)[C@@H]1C. The lowest BCUT2D eigenvalue weighted by molar-refractivity contribution is 0.0698. The Morgan fingerprint density at radius 1 is 1.30 bits per heavy atom. The van der Waals surface area contributed by atoms with Crippen LogP contribution in [0.5, 0.6) is 0 Å². The second-order valence-electron chi connectivity index (χ2n) is 3.27. The summed E-state index contributed by atoms with van der Waals surface area (Å²) in [5.41, 5.74) is 0. The Labute approximate surface area is 64.6 Å². The van der Waals surface area contributed by atoms with Crippen molar-refractivity contribution in [1.29, 1.82) is 0 Å². The Morgan fingerprint density at radius 2 is 1.90 bits per heavy atom. The van der Waals surface area contributed by atoms with Crippen LogP contribution in [0, 0.1) is 11.8 Å². The first-order valence-corrected chi connectivity index (χ1v) is 4.07. The molecule has 10 heavy (non-hydrogen) atoms. The van der Waals surface area contributed by atoms with Gasteiger partial charge in [0.05, 0.1) is 6.10 Å². The Hall–Kier alpha value is 0.0249. The quantitative estimate of drug-likeness (QED) is 0.499. The van der Waals surface area contributed by atoms with E-state index in [2.05, 4.69) is 20.8 Å². The first kappa shape index (κ1) is 8.12. The van der Waals surface area contributed by atoms with Gasteiger partial charge in [-0.3, -0.25) is 0 Å². The highest BCUT2D eigenvalue weighted by Gasteiger charge is 2.34. The zero-order valence-corrected chi connectivity index (χ0v) is 7.00. The molecule has 1 rings (SSSR count). The van der Waals surface area contributed by atoms with Crippen LogP contribution in [-0.4, -0.2) is 20.0 Å². The average Bonchev–Trinajstić information content (AvgIpc) is 2.17. The molecule has 0 N–H and O–H groups in total. The summed E-state index contributed by atoms with van der Waals surface area (Å²) < 4.78 is 5.51. The van der Waals surface area contributed by atoms with Gasteiger partial charge in [0.15, 0.2) is 0 Å². The van der Waals surface area contributed by atoms with E-state index in [4.69, 9.17) is 12.6 Å². The molecule has 2 heteroatoms. The van der Waals surface area contributed by atoms with Crippen molar-refractivity contribution < 1.29 is 4.74 Å². The summed E-state index contributed by atoms with van der Waals surface area (Å²) in [6.45, 7) is 6.52. The minimum absolute atomic E-state index is 0.0278. The lowest BCUT2D eigenvalue weighted by Gasteiger charge is -2.13. The van der Waals surface area contributed by atoms with Crippen molar-refractivity contribution in [1.82, 2.24) is 0 Å². The zero-order valence-electron chi connectivity index (χ0n) is 7.00. The molecule has 0 spiro atoms.